The molecule has 0 aromatic carbocycles. The molecule has 0 atom stereocenters. The Morgan fingerprint density at radius 2 is 0.727 bits per heavy atom. The fraction of sp³-hybridized carbons (Fsp3) is 1.00. The van der Waals surface area contributed by atoms with Crippen molar-refractivity contribution in [3.05, 3.63) is 0 Å². The van der Waals surface area contributed by atoms with E-state index in [1.165, 1.54) is 40.0 Å². The maximum absolute atomic E-state index is 2.47. The van der Waals surface area contributed by atoms with E-state index in [0.717, 1.165) is 0 Å². The molecule has 4 bridgehead atoms. The minimum absolute atomic E-state index is 0. The van der Waals surface area contributed by atoms with E-state index in [1.54, 1.807) is 0 Å². The molecule has 4 heterocycles. The van der Waals surface area contributed by atoms with Crippen LogP contribution in [0.4, 0.5) is 0 Å². The van der Waals surface area contributed by atoms with Gasteiger partial charge in [0.15, 0.2) is 0 Å². The van der Waals surface area contributed by atoms with Gasteiger partial charge in [0.05, 0.1) is 40.0 Å². The van der Waals surface area contributed by atoms with Gasteiger partial charge in [-0.25, -0.2) is 0 Å². The van der Waals surface area contributed by atoms with Crippen LogP contribution in [0, 0.1) is 0 Å². The van der Waals surface area contributed by atoms with E-state index < -0.39 is 0 Å². The molecule has 0 unspecified atom stereocenters. The van der Waals surface area contributed by atoms with Crippen molar-refractivity contribution in [3.63, 3.8) is 0 Å². The summed E-state index contributed by atoms with van der Waals surface area (Å²) < 4.78 is 0. The van der Waals surface area contributed by atoms with Crippen molar-refractivity contribution in [2.75, 3.05) is 40.0 Å². The summed E-state index contributed by atoms with van der Waals surface area (Å²) in [7, 11) is 0. The van der Waals surface area contributed by atoms with Crippen LogP contribution in [-0.2, 0) is 0 Å². The molecular weight excluding hydrogens is 168 g/mol. The second-order valence-corrected chi connectivity index (χ2v) is 3.53. The molecule has 4 aliphatic heterocycles. The van der Waals surface area contributed by atoms with E-state index in [1.807, 2.05) is 0 Å². The van der Waals surface area contributed by atoms with Crippen LogP contribution >= 0.6 is 0 Å². The molecule has 0 aliphatic carbocycles. The van der Waals surface area contributed by atoms with Crippen LogP contribution in [0.25, 0.3) is 0 Å². The fourth-order valence-corrected chi connectivity index (χ4v) is 2.23. The van der Waals surface area contributed by atoms with Gasteiger partial charge in [0.2, 0.25) is 0 Å². The first-order valence-corrected chi connectivity index (χ1v) is 3.79. The van der Waals surface area contributed by atoms with Gasteiger partial charge >= 0.3 is 37.7 Å². The average Bonchev–Trinajstić information content (AvgIpc) is 1.82. The Bertz CT molecular complexity index is 114. The van der Waals surface area contributed by atoms with Gasteiger partial charge in [-0.1, -0.05) is 0 Å². The van der Waals surface area contributed by atoms with Crippen molar-refractivity contribution in [2.24, 2.45) is 0 Å². The Kier molecular flexibility index (Phi) is 2.45. The largest absolute Gasteiger partial charge is 2.00 e. The molecule has 0 N–H and O–H groups in total. The summed E-state index contributed by atoms with van der Waals surface area (Å²) in [5, 5.41) is 0. The minimum Gasteiger partial charge on any atom is -1.00 e. The Morgan fingerprint density at radius 1 is 0.545 bits per heavy atom. The molecular formula is C6H14CaN4. The molecule has 0 aromatic heterocycles. The Morgan fingerprint density at radius 3 is 0.909 bits per heavy atom. The van der Waals surface area contributed by atoms with Crippen LogP contribution in [0.2, 0.25) is 0 Å². The molecule has 4 saturated heterocycles. The topological polar surface area (TPSA) is 13.0 Å². The third kappa shape index (κ3) is 1.46. The van der Waals surface area contributed by atoms with Crippen molar-refractivity contribution >= 4 is 37.7 Å². The molecule has 5 heteroatoms. The van der Waals surface area contributed by atoms with E-state index in [-0.39, 0.29) is 40.6 Å². The SMILES string of the molecule is C1N2CN3CN1CN(C2)C3.[Ca+2].[H-].[H-]. The maximum atomic E-state index is 2.47. The zero-order valence-electron chi connectivity index (χ0n) is 8.74. The predicted molar refractivity (Wildman–Crippen MR) is 44.5 cm³/mol. The normalized spacial score (nSPS) is 52.4. The van der Waals surface area contributed by atoms with Crippen molar-refractivity contribution < 1.29 is 2.85 Å². The van der Waals surface area contributed by atoms with Crippen LogP contribution in [0.1, 0.15) is 2.85 Å². The second-order valence-electron chi connectivity index (χ2n) is 3.53. The first-order valence-electron chi connectivity index (χ1n) is 3.79. The summed E-state index contributed by atoms with van der Waals surface area (Å²) in [4.78, 5) is 9.88. The fourth-order valence-electron chi connectivity index (χ4n) is 2.23. The monoisotopic (exact) mass is 182 g/mol. The van der Waals surface area contributed by atoms with Gasteiger partial charge in [0, 0.05) is 0 Å². The van der Waals surface area contributed by atoms with Crippen molar-refractivity contribution in [1.29, 1.82) is 0 Å². The number of rotatable bonds is 0. The van der Waals surface area contributed by atoms with Crippen LogP contribution in [0.3, 0.4) is 0 Å². The van der Waals surface area contributed by atoms with Gasteiger partial charge in [0.1, 0.15) is 0 Å². The van der Waals surface area contributed by atoms with Gasteiger partial charge in [-0.15, -0.1) is 0 Å². The van der Waals surface area contributed by atoms with Gasteiger partial charge in [-0.05, 0) is 0 Å². The zero-order chi connectivity index (χ0) is 6.55. The predicted octanol–water partition coefficient (Wildman–Crippen LogP) is -1.18. The summed E-state index contributed by atoms with van der Waals surface area (Å²) >= 11 is 0. The van der Waals surface area contributed by atoms with Crippen LogP contribution in [0.15, 0.2) is 0 Å². The van der Waals surface area contributed by atoms with Crippen molar-refractivity contribution in [1.82, 2.24) is 19.6 Å². The number of hydrogen-bond donors (Lipinski definition) is 0. The molecule has 4 nitrogen and oxygen atoms in total. The molecule has 4 rings (SSSR count). The first-order chi connectivity index (χ1) is 4.90. The Hall–Kier alpha value is 1.10. The smallest absolute Gasteiger partial charge is 1.00 e. The van der Waals surface area contributed by atoms with Crippen LogP contribution in [0.5, 0.6) is 0 Å². The number of hydrogen-bond acceptors (Lipinski definition) is 4. The molecule has 0 radical (unpaired) electrons. The molecule has 4 fully saturated rings. The first kappa shape index (κ1) is 8.69. The summed E-state index contributed by atoms with van der Waals surface area (Å²) in [6, 6.07) is 0. The van der Waals surface area contributed by atoms with E-state index in [9.17, 15) is 0 Å². The number of nitrogens with zero attached hydrogens (tertiary/aromatic N) is 4. The summed E-state index contributed by atoms with van der Waals surface area (Å²) in [6.07, 6.45) is 0. The van der Waals surface area contributed by atoms with E-state index in [0.29, 0.717) is 0 Å². The minimum atomic E-state index is 0. The molecule has 0 saturated carbocycles. The summed E-state index contributed by atoms with van der Waals surface area (Å²) in [5.41, 5.74) is 0. The van der Waals surface area contributed by atoms with E-state index >= 15 is 0 Å². The molecule has 0 aromatic rings. The Balaban J connectivity index is 0.000000480. The van der Waals surface area contributed by atoms with E-state index in [4.69, 9.17) is 0 Å². The third-order valence-electron chi connectivity index (χ3n) is 2.40. The standard InChI is InChI=1S/C6H12N4.Ca.2H/c1-7-2-9-4-8(1)5-10(3-7)6-9;;;/h1-6H2;;;/q;+2;2*-1. The maximum Gasteiger partial charge on any atom is 2.00 e. The molecule has 0 amide bonds. The summed E-state index contributed by atoms with van der Waals surface area (Å²) in [6.45, 7) is 7.12. The van der Waals surface area contributed by atoms with Crippen molar-refractivity contribution in [3.8, 4) is 0 Å². The van der Waals surface area contributed by atoms with Gasteiger partial charge in [0.25, 0.3) is 0 Å². The van der Waals surface area contributed by atoms with Crippen LogP contribution in [-0.4, -0.2) is 97.4 Å². The molecule has 11 heavy (non-hydrogen) atoms. The average molecular weight is 182 g/mol. The second kappa shape index (κ2) is 3.10. The van der Waals surface area contributed by atoms with Gasteiger partial charge < -0.3 is 2.85 Å². The zero-order valence-corrected chi connectivity index (χ0v) is 8.95. The molecule has 0 spiro atoms. The third-order valence-corrected chi connectivity index (χ3v) is 2.40. The molecule has 60 valence electrons. The Labute approximate surface area is 99.7 Å². The van der Waals surface area contributed by atoms with Crippen molar-refractivity contribution in [2.45, 2.75) is 0 Å². The van der Waals surface area contributed by atoms with Gasteiger partial charge in [-0.3, -0.25) is 19.6 Å². The van der Waals surface area contributed by atoms with Crippen LogP contribution < -0.4 is 0 Å². The van der Waals surface area contributed by atoms with E-state index in [2.05, 4.69) is 19.6 Å². The quantitative estimate of drug-likeness (QED) is 0.437. The summed E-state index contributed by atoms with van der Waals surface area (Å²) in [5.74, 6) is 0. The molecule has 4 aliphatic rings. The van der Waals surface area contributed by atoms with Gasteiger partial charge in [-0.2, -0.15) is 0 Å².